The van der Waals surface area contributed by atoms with Gasteiger partial charge in [0.15, 0.2) is 0 Å². The van der Waals surface area contributed by atoms with Gasteiger partial charge in [0.25, 0.3) is 5.91 Å². The number of carbonyl (C=O) groups excluding carboxylic acids is 1. The molecule has 4 nitrogen and oxygen atoms in total. The lowest BCUT2D eigenvalue weighted by Gasteiger charge is -2.30. The van der Waals surface area contributed by atoms with E-state index in [2.05, 4.69) is 19.2 Å². The molecule has 0 bridgehead atoms. The Morgan fingerprint density at radius 2 is 2.19 bits per heavy atom. The van der Waals surface area contributed by atoms with Crippen molar-refractivity contribution < 1.29 is 9.53 Å². The molecule has 1 saturated heterocycles. The first-order chi connectivity index (χ1) is 10.0. The quantitative estimate of drug-likeness (QED) is 0.926. The first-order valence-corrected chi connectivity index (χ1v) is 7.71. The molecule has 0 saturated carbocycles. The van der Waals surface area contributed by atoms with Crippen LogP contribution in [0.3, 0.4) is 0 Å². The van der Waals surface area contributed by atoms with Crippen molar-refractivity contribution in [2.24, 2.45) is 0 Å². The Bertz CT molecular complexity index is 500. The van der Waals surface area contributed by atoms with Crippen molar-refractivity contribution in [2.45, 2.75) is 45.3 Å². The van der Waals surface area contributed by atoms with Gasteiger partial charge in [-0.05, 0) is 43.9 Å². The number of nitrogens with one attached hydrogen (secondary N) is 1. The summed E-state index contributed by atoms with van der Waals surface area (Å²) in [6.45, 7) is 5.04. The van der Waals surface area contributed by atoms with Crippen LogP contribution in [-0.4, -0.2) is 43.7 Å². The smallest absolute Gasteiger partial charge is 0.253 e. The third-order valence-electron chi connectivity index (χ3n) is 4.07. The van der Waals surface area contributed by atoms with E-state index in [9.17, 15) is 4.79 Å². The first-order valence-electron chi connectivity index (χ1n) is 7.71. The normalized spacial score (nSPS) is 21.9. The maximum Gasteiger partial charge on any atom is 0.253 e. The van der Waals surface area contributed by atoms with Crippen LogP contribution in [0.2, 0.25) is 0 Å². The molecular weight excluding hydrogens is 264 g/mol. The summed E-state index contributed by atoms with van der Waals surface area (Å²) in [5.74, 6) is 0.0384. The van der Waals surface area contributed by atoms with E-state index in [1.54, 1.807) is 19.0 Å². The van der Waals surface area contributed by atoms with E-state index in [0.29, 0.717) is 12.1 Å². The third-order valence-corrected chi connectivity index (χ3v) is 4.07. The molecule has 0 radical (unpaired) electrons. The van der Waals surface area contributed by atoms with E-state index < -0.39 is 0 Å². The predicted molar refractivity (Wildman–Crippen MR) is 85.9 cm³/mol. The van der Waals surface area contributed by atoms with E-state index in [-0.39, 0.29) is 5.91 Å². The number of amides is 1. The van der Waals surface area contributed by atoms with Crippen LogP contribution in [0, 0.1) is 6.92 Å². The Morgan fingerprint density at radius 1 is 1.43 bits per heavy atom. The van der Waals surface area contributed by atoms with Crippen molar-refractivity contribution in [3.63, 3.8) is 0 Å². The molecule has 1 fully saturated rings. The minimum atomic E-state index is 0.0384. The molecule has 1 heterocycles. The summed E-state index contributed by atoms with van der Waals surface area (Å²) in [6, 6.07) is 6.29. The second kappa shape index (κ2) is 6.94. The van der Waals surface area contributed by atoms with Gasteiger partial charge in [0, 0.05) is 38.0 Å². The Balaban J connectivity index is 2.12. The number of anilines is 1. The zero-order valence-electron chi connectivity index (χ0n) is 13.5. The summed E-state index contributed by atoms with van der Waals surface area (Å²) in [6.07, 6.45) is 3.45. The molecule has 21 heavy (non-hydrogen) atoms. The van der Waals surface area contributed by atoms with Crippen LogP contribution in [0.5, 0.6) is 0 Å². The number of ether oxygens (including phenoxy) is 1. The van der Waals surface area contributed by atoms with Gasteiger partial charge in [-0.1, -0.05) is 13.0 Å². The van der Waals surface area contributed by atoms with Crippen molar-refractivity contribution >= 4 is 11.6 Å². The maximum atomic E-state index is 12.1. The number of hydrogen-bond acceptors (Lipinski definition) is 3. The highest BCUT2D eigenvalue weighted by Gasteiger charge is 2.21. The maximum absolute atomic E-state index is 12.1. The molecule has 2 rings (SSSR count). The molecule has 0 spiro atoms. The summed E-state index contributed by atoms with van der Waals surface area (Å²) in [5, 5.41) is 3.60. The van der Waals surface area contributed by atoms with Gasteiger partial charge in [0.1, 0.15) is 0 Å². The van der Waals surface area contributed by atoms with Crippen LogP contribution < -0.4 is 5.32 Å². The lowest BCUT2D eigenvalue weighted by Crippen LogP contribution is -2.34. The standard InChI is InChI=1S/C17H26N2O2/c1-5-15-11-14(8-9-21-15)18-16-10-13(7-6-12(16)2)17(20)19(3)4/h6-7,10,14-15,18H,5,8-9,11H2,1-4H3. The SMILES string of the molecule is CCC1CC(Nc2cc(C(=O)N(C)C)ccc2C)CCO1. The summed E-state index contributed by atoms with van der Waals surface area (Å²) in [5.41, 5.74) is 2.96. The Labute approximate surface area is 127 Å². The molecule has 2 atom stereocenters. The molecule has 1 aliphatic heterocycles. The van der Waals surface area contributed by atoms with Crippen LogP contribution in [0.4, 0.5) is 5.69 Å². The molecule has 4 heteroatoms. The molecule has 1 aliphatic rings. The number of benzene rings is 1. The molecule has 0 aromatic heterocycles. The average Bonchev–Trinajstić information content (AvgIpc) is 2.49. The van der Waals surface area contributed by atoms with Gasteiger partial charge in [-0.25, -0.2) is 0 Å². The Hall–Kier alpha value is -1.55. The minimum absolute atomic E-state index is 0.0384. The van der Waals surface area contributed by atoms with Crippen molar-refractivity contribution in [3.8, 4) is 0 Å². The molecule has 116 valence electrons. The fraction of sp³-hybridized carbons (Fsp3) is 0.588. The summed E-state index contributed by atoms with van der Waals surface area (Å²) in [4.78, 5) is 13.7. The van der Waals surface area contributed by atoms with Crippen LogP contribution in [0.1, 0.15) is 42.1 Å². The molecule has 1 aromatic carbocycles. The summed E-state index contributed by atoms with van der Waals surface area (Å²) >= 11 is 0. The van der Waals surface area contributed by atoms with Crippen LogP contribution in [0.15, 0.2) is 18.2 Å². The highest BCUT2D eigenvalue weighted by molar-refractivity contribution is 5.95. The van der Waals surface area contributed by atoms with Crippen molar-refractivity contribution in [3.05, 3.63) is 29.3 Å². The van der Waals surface area contributed by atoms with Crippen molar-refractivity contribution in [1.82, 2.24) is 4.90 Å². The lowest BCUT2D eigenvalue weighted by atomic mass is 10.00. The zero-order valence-corrected chi connectivity index (χ0v) is 13.5. The number of rotatable bonds is 4. The van der Waals surface area contributed by atoms with E-state index >= 15 is 0 Å². The summed E-state index contributed by atoms with van der Waals surface area (Å²) < 4.78 is 5.72. The van der Waals surface area contributed by atoms with E-state index in [0.717, 1.165) is 37.1 Å². The predicted octanol–water partition coefficient (Wildman–Crippen LogP) is 3.07. The second-order valence-corrected chi connectivity index (χ2v) is 6.00. The van der Waals surface area contributed by atoms with Gasteiger partial charge in [0.05, 0.1) is 6.10 Å². The number of aryl methyl sites for hydroxylation is 1. The Morgan fingerprint density at radius 3 is 2.86 bits per heavy atom. The average molecular weight is 290 g/mol. The van der Waals surface area contributed by atoms with E-state index in [1.807, 2.05) is 18.2 Å². The third kappa shape index (κ3) is 3.97. The monoisotopic (exact) mass is 290 g/mol. The van der Waals surface area contributed by atoms with Gasteiger partial charge in [0.2, 0.25) is 0 Å². The second-order valence-electron chi connectivity index (χ2n) is 6.00. The molecule has 1 aromatic rings. The number of carbonyl (C=O) groups is 1. The lowest BCUT2D eigenvalue weighted by molar-refractivity contribution is 0.00924. The molecule has 1 N–H and O–H groups in total. The molecule has 2 unspecified atom stereocenters. The van der Waals surface area contributed by atoms with Gasteiger partial charge in [-0.15, -0.1) is 0 Å². The van der Waals surface area contributed by atoms with Gasteiger partial charge in [-0.3, -0.25) is 4.79 Å². The fourth-order valence-electron chi connectivity index (χ4n) is 2.68. The van der Waals surface area contributed by atoms with Crippen LogP contribution in [0.25, 0.3) is 0 Å². The van der Waals surface area contributed by atoms with Gasteiger partial charge < -0.3 is 15.0 Å². The summed E-state index contributed by atoms with van der Waals surface area (Å²) in [7, 11) is 3.55. The fourth-order valence-corrected chi connectivity index (χ4v) is 2.68. The van der Waals surface area contributed by atoms with E-state index in [4.69, 9.17) is 4.74 Å². The topological polar surface area (TPSA) is 41.6 Å². The Kier molecular flexibility index (Phi) is 5.23. The highest BCUT2D eigenvalue weighted by Crippen LogP contribution is 2.24. The van der Waals surface area contributed by atoms with Gasteiger partial charge in [-0.2, -0.15) is 0 Å². The van der Waals surface area contributed by atoms with Crippen LogP contribution in [-0.2, 0) is 4.74 Å². The minimum Gasteiger partial charge on any atom is -0.382 e. The molecule has 1 amide bonds. The number of nitrogens with zero attached hydrogens (tertiary/aromatic N) is 1. The van der Waals surface area contributed by atoms with Crippen LogP contribution >= 0.6 is 0 Å². The largest absolute Gasteiger partial charge is 0.382 e. The number of hydrogen-bond donors (Lipinski definition) is 1. The van der Waals surface area contributed by atoms with E-state index in [1.165, 1.54) is 5.56 Å². The highest BCUT2D eigenvalue weighted by atomic mass is 16.5. The zero-order chi connectivity index (χ0) is 15.4. The van der Waals surface area contributed by atoms with Crippen molar-refractivity contribution in [2.75, 3.05) is 26.0 Å². The van der Waals surface area contributed by atoms with Crippen molar-refractivity contribution in [1.29, 1.82) is 0 Å². The molecular formula is C17H26N2O2. The van der Waals surface area contributed by atoms with Gasteiger partial charge >= 0.3 is 0 Å². The first kappa shape index (κ1) is 15.8. The molecule has 0 aliphatic carbocycles.